The van der Waals surface area contributed by atoms with E-state index in [1.807, 2.05) is 0 Å². The van der Waals surface area contributed by atoms with Crippen LogP contribution in [0, 0.1) is 17.3 Å². The molecule has 1 N–H and O–H groups in total. The van der Waals surface area contributed by atoms with Crippen molar-refractivity contribution < 1.29 is 4.74 Å². The van der Waals surface area contributed by atoms with Crippen LogP contribution in [0.4, 0.5) is 0 Å². The molecule has 0 saturated heterocycles. The number of rotatable bonds is 8. The molecule has 114 valence electrons. The van der Waals surface area contributed by atoms with Gasteiger partial charge in [-0.15, -0.1) is 0 Å². The maximum atomic E-state index is 5.26. The zero-order valence-corrected chi connectivity index (χ0v) is 13.8. The predicted octanol–water partition coefficient (Wildman–Crippen LogP) is 2.62. The average Bonchev–Trinajstić information content (AvgIpc) is 2.60. The van der Waals surface area contributed by atoms with Crippen LogP contribution in [0.5, 0.6) is 0 Å². The molecule has 3 heteroatoms. The fraction of sp³-hybridized carbons (Fsp3) is 1.00. The summed E-state index contributed by atoms with van der Waals surface area (Å²) in [6.45, 7) is 13.7. The third kappa shape index (κ3) is 5.05. The Kier molecular flexibility index (Phi) is 6.78. The van der Waals surface area contributed by atoms with Crippen LogP contribution in [-0.2, 0) is 4.74 Å². The van der Waals surface area contributed by atoms with Gasteiger partial charge in [0.05, 0.1) is 6.61 Å². The second-order valence-corrected chi connectivity index (χ2v) is 7.20. The summed E-state index contributed by atoms with van der Waals surface area (Å²) >= 11 is 0. The van der Waals surface area contributed by atoms with Crippen molar-refractivity contribution in [2.75, 3.05) is 40.4 Å². The quantitative estimate of drug-likeness (QED) is 0.734. The monoisotopic (exact) mass is 270 g/mol. The normalized spacial score (nSPS) is 26.5. The summed E-state index contributed by atoms with van der Waals surface area (Å²) in [5, 5.41) is 3.56. The summed E-state index contributed by atoms with van der Waals surface area (Å²) in [5.41, 5.74) is 0.435. The van der Waals surface area contributed by atoms with E-state index in [2.05, 4.69) is 45.0 Å². The van der Waals surface area contributed by atoms with Crippen LogP contribution in [0.3, 0.4) is 0 Å². The Morgan fingerprint density at radius 1 is 1.37 bits per heavy atom. The molecule has 3 nitrogen and oxygen atoms in total. The first-order chi connectivity index (χ1) is 8.90. The predicted molar refractivity (Wildman–Crippen MR) is 82.5 cm³/mol. The number of ether oxygens (including phenoxy) is 1. The third-order valence-corrected chi connectivity index (χ3v) is 4.51. The van der Waals surface area contributed by atoms with Crippen LogP contribution in [0.25, 0.3) is 0 Å². The molecule has 19 heavy (non-hydrogen) atoms. The number of hydrogen-bond donors (Lipinski definition) is 1. The molecule has 2 unspecified atom stereocenters. The average molecular weight is 270 g/mol. The Hall–Kier alpha value is -0.120. The molecular weight excluding hydrogens is 236 g/mol. The van der Waals surface area contributed by atoms with E-state index in [1.165, 1.54) is 25.9 Å². The Morgan fingerprint density at radius 3 is 2.58 bits per heavy atom. The SMILES string of the molecule is CNC1C(CN(CCOC)CC(C)C)CCC1(C)C. The fourth-order valence-electron chi connectivity index (χ4n) is 3.67. The zero-order chi connectivity index (χ0) is 14.5. The van der Waals surface area contributed by atoms with E-state index in [0.29, 0.717) is 11.5 Å². The Labute approximate surface area is 120 Å². The van der Waals surface area contributed by atoms with Crippen molar-refractivity contribution >= 4 is 0 Å². The van der Waals surface area contributed by atoms with E-state index < -0.39 is 0 Å². The van der Waals surface area contributed by atoms with Crippen LogP contribution >= 0.6 is 0 Å². The van der Waals surface area contributed by atoms with Crippen molar-refractivity contribution in [1.29, 1.82) is 0 Å². The molecule has 1 saturated carbocycles. The lowest BCUT2D eigenvalue weighted by molar-refractivity contribution is 0.119. The number of methoxy groups -OCH3 is 1. The Morgan fingerprint density at radius 2 is 2.05 bits per heavy atom. The molecule has 0 heterocycles. The highest BCUT2D eigenvalue weighted by Gasteiger charge is 2.41. The lowest BCUT2D eigenvalue weighted by Crippen LogP contribution is -2.45. The van der Waals surface area contributed by atoms with Gasteiger partial charge in [-0.3, -0.25) is 0 Å². The minimum absolute atomic E-state index is 0.435. The fourth-order valence-corrected chi connectivity index (χ4v) is 3.67. The van der Waals surface area contributed by atoms with Gasteiger partial charge in [0.25, 0.3) is 0 Å². The molecule has 0 spiro atoms. The maximum absolute atomic E-state index is 5.26. The topological polar surface area (TPSA) is 24.5 Å². The van der Waals surface area contributed by atoms with Gasteiger partial charge in [-0.1, -0.05) is 27.7 Å². The molecule has 0 aromatic rings. The van der Waals surface area contributed by atoms with Gasteiger partial charge in [0, 0.05) is 32.8 Å². The minimum atomic E-state index is 0.435. The van der Waals surface area contributed by atoms with Gasteiger partial charge in [-0.25, -0.2) is 0 Å². The van der Waals surface area contributed by atoms with Crippen molar-refractivity contribution in [3.8, 4) is 0 Å². The second kappa shape index (κ2) is 7.61. The van der Waals surface area contributed by atoms with E-state index in [9.17, 15) is 0 Å². The molecule has 0 aliphatic heterocycles. The van der Waals surface area contributed by atoms with Crippen LogP contribution in [-0.4, -0.2) is 51.3 Å². The molecule has 2 atom stereocenters. The number of hydrogen-bond acceptors (Lipinski definition) is 3. The van der Waals surface area contributed by atoms with Crippen LogP contribution in [0.2, 0.25) is 0 Å². The summed E-state index contributed by atoms with van der Waals surface area (Å²) in [7, 11) is 3.91. The highest BCUT2D eigenvalue weighted by Crippen LogP contribution is 2.41. The number of nitrogens with zero attached hydrogens (tertiary/aromatic N) is 1. The molecule has 0 aromatic heterocycles. The van der Waals surface area contributed by atoms with Crippen LogP contribution in [0.15, 0.2) is 0 Å². The lowest BCUT2D eigenvalue weighted by atomic mass is 9.85. The van der Waals surface area contributed by atoms with Gasteiger partial charge in [0.1, 0.15) is 0 Å². The summed E-state index contributed by atoms with van der Waals surface area (Å²) in [4.78, 5) is 2.59. The first-order valence-corrected chi connectivity index (χ1v) is 7.79. The van der Waals surface area contributed by atoms with Crippen molar-refractivity contribution in [1.82, 2.24) is 10.2 Å². The van der Waals surface area contributed by atoms with E-state index in [1.54, 1.807) is 7.11 Å². The Bertz CT molecular complexity index is 253. The highest BCUT2D eigenvalue weighted by atomic mass is 16.5. The van der Waals surface area contributed by atoms with Crippen molar-refractivity contribution in [3.63, 3.8) is 0 Å². The van der Waals surface area contributed by atoms with Crippen molar-refractivity contribution in [2.45, 2.75) is 46.6 Å². The van der Waals surface area contributed by atoms with Gasteiger partial charge in [0.15, 0.2) is 0 Å². The molecule has 0 amide bonds. The van der Waals surface area contributed by atoms with Gasteiger partial charge in [0.2, 0.25) is 0 Å². The van der Waals surface area contributed by atoms with E-state index in [0.717, 1.165) is 25.0 Å². The second-order valence-electron chi connectivity index (χ2n) is 7.20. The van der Waals surface area contributed by atoms with Gasteiger partial charge in [-0.05, 0) is 37.1 Å². The van der Waals surface area contributed by atoms with E-state index in [4.69, 9.17) is 4.74 Å². The zero-order valence-electron chi connectivity index (χ0n) is 13.8. The van der Waals surface area contributed by atoms with Crippen molar-refractivity contribution in [3.05, 3.63) is 0 Å². The summed E-state index contributed by atoms with van der Waals surface area (Å²) in [6.07, 6.45) is 2.68. The summed E-state index contributed by atoms with van der Waals surface area (Å²) < 4.78 is 5.26. The summed E-state index contributed by atoms with van der Waals surface area (Å²) in [5.74, 6) is 1.50. The first-order valence-electron chi connectivity index (χ1n) is 7.79. The van der Waals surface area contributed by atoms with E-state index >= 15 is 0 Å². The highest BCUT2D eigenvalue weighted by molar-refractivity contribution is 4.96. The lowest BCUT2D eigenvalue weighted by Gasteiger charge is -2.34. The maximum Gasteiger partial charge on any atom is 0.0589 e. The van der Waals surface area contributed by atoms with Gasteiger partial charge in [-0.2, -0.15) is 0 Å². The van der Waals surface area contributed by atoms with E-state index in [-0.39, 0.29) is 0 Å². The molecule has 0 radical (unpaired) electrons. The van der Waals surface area contributed by atoms with Gasteiger partial charge < -0.3 is 15.0 Å². The molecule has 0 aromatic carbocycles. The van der Waals surface area contributed by atoms with Gasteiger partial charge >= 0.3 is 0 Å². The molecule has 1 aliphatic rings. The number of nitrogens with one attached hydrogen (secondary N) is 1. The largest absolute Gasteiger partial charge is 0.383 e. The smallest absolute Gasteiger partial charge is 0.0589 e. The minimum Gasteiger partial charge on any atom is -0.383 e. The van der Waals surface area contributed by atoms with Crippen molar-refractivity contribution in [2.24, 2.45) is 17.3 Å². The van der Waals surface area contributed by atoms with Crippen LogP contribution < -0.4 is 5.32 Å². The standard InChI is InChI=1S/C16H34N2O/c1-13(2)11-18(9-10-19-6)12-14-7-8-16(3,4)15(14)17-5/h13-15,17H,7-12H2,1-6H3. The first kappa shape index (κ1) is 16.9. The molecule has 1 rings (SSSR count). The summed E-state index contributed by atoms with van der Waals surface area (Å²) in [6, 6.07) is 0.643. The Balaban J connectivity index is 2.57. The molecule has 1 aliphatic carbocycles. The molecular formula is C16H34N2O. The molecule has 0 bridgehead atoms. The van der Waals surface area contributed by atoms with Crippen LogP contribution in [0.1, 0.15) is 40.5 Å². The third-order valence-electron chi connectivity index (χ3n) is 4.51. The molecule has 1 fully saturated rings.